The summed E-state index contributed by atoms with van der Waals surface area (Å²) in [5.41, 5.74) is 5.08. The number of nitrogens with one attached hydrogen (secondary N) is 2. The molecule has 0 spiro atoms. The molecule has 170 valence electrons. The van der Waals surface area contributed by atoms with Crippen LogP contribution in [-0.4, -0.2) is 75.5 Å². The number of allylic oxidation sites excluding steroid dienone is 1. The number of thiazole rings is 1. The molecule has 1 saturated heterocycles. The second kappa shape index (κ2) is 11.5. The average Bonchev–Trinajstić information content (AvgIpc) is 3.20. The van der Waals surface area contributed by atoms with Crippen molar-refractivity contribution in [2.24, 2.45) is 5.16 Å². The Morgan fingerprint density at radius 3 is 2.79 bits per heavy atom. The van der Waals surface area contributed by atoms with Crippen LogP contribution in [0.2, 0.25) is 0 Å². The molecule has 13 nitrogen and oxygen atoms in total. The molecule has 2 atom stereocenters. The Morgan fingerprint density at radius 1 is 1.48 bits per heavy atom. The number of carbonyl (C=O) groups excluding carboxylic acids is 4. The maximum Gasteiger partial charge on any atom is 1.00 e. The third-order valence-electron chi connectivity index (χ3n) is 4.39. The molecule has 2 aliphatic rings. The van der Waals surface area contributed by atoms with Crippen molar-refractivity contribution in [2.75, 3.05) is 25.1 Å². The molecule has 0 saturated carbocycles. The van der Waals surface area contributed by atoms with Gasteiger partial charge in [0.05, 0.1) is 11.7 Å². The van der Waals surface area contributed by atoms with Crippen LogP contribution < -0.4 is 51.0 Å². The number of aromatic nitrogens is 1. The minimum atomic E-state index is -1.56. The van der Waals surface area contributed by atoms with Crippen LogP contribution in [-0.2, 0) is 19.1 Å². The molecule has 1 fully saturated rings. The van der Waals surface area contributed by atoms with E-state index in [0.29, 0.717) is 5.57 Å². The first-order valence-electron chi connectivity index (χ1n) is 8.93. The maximum atomic E-state index is 12.6. The quantitative estimate of drug-likeness (QED) is 0.0919. The smallest absolute Gasteiger partial charge is 0.543 e. The Balaban J connectivity index is 0.00000385. The molecular formula is C17H17N6NaO7S2. The van der Waals surface area contributed by atoms with Gasteiger partial charge in [-0.1, -0.05) is 11.2 Å². The van der Waals surface area contributed by atoms with Crippen LogP contribution in [0.4, 0.5) is 9.93 Å². The number of oxime groups is 1. The number of hydrogen-bond acceptors (Lipinski definition) is 12. The van der Waals surface area contributed by atoms with E-state index in [2.05, 4.69) is 20.8 Å². The van der Waals surface area contributed by atoms with E-state index < -0.39 is 41.0 Å². The standard InChI is InChI=1S/C17H18N6O7S2.Na/c1-19-17(28)30-4-2-3-7-5-31-14-10(13(25)23(14)11(7)15(26)27)21-12(24)9(22-29)8-6-32-16(18)20-8;/h2-3,6,10,14,29H,4-5H2,1H3,(H2,18,20)(H,19,28)(H,21,24)(H,26,27);/q;+1/p-1/b3-2+,22-9+;. The number of carboxylic acids is 1. The summed E-state index contributed by atoms with van der Waals surface area (Å²) in [5, 5.41) is 29.4. The molecule has 2 unspecified atom stereocenters. The summed E-state index contributed by atoms with van der Waals surface area (Å²) in [4.78, 5) is 52.8. The molecule has 3 rings (SSSR count). The van der Waals surface area contributed by atoms with E-state index in [0.717, 1.165) is 16.2 Å². The zero-order valence-corrected chi connectivity index (χ0v) is 21.1. The number of nitrogens with two attached hydrogens (primary N) is 1. The first-order valence-corrected chi connectivity index (χ1v) is 10.9. The van der Waals surface area contributed by atoms with Crippen LogP contribution >= 0.6 is 23.1 Å². The molecule has 0 radical (unpaired) electrons. The van der Waals surface area contributed by atoms with Gasteiger partial charge in [-0.2, -0.15) is 0 Å². The number of anilines is 1. The van der Waals surface area contributed by atoms with Crippen molar-refractivity contribution in [1.82, 2.24) is 20.5 Å². The van der Waals surface area contributed by atoms with Gasteiger partial charge in [0.1, 0.15) is 23.7 Å². The number of nitrogen functional groups attached to an aromatic ring is 1. The van der Waals surface area contributed by atoms with Crippen LogP contribution in [0.1, 0.15) is 5.69 Å². The minimum Gasteiger partial charge on any atom is -0.543 e. The number of hydrogen-bond donors (Lipinski definition) is 4. The summed E-state index contributed by atoms with van der Waals surface area (Å²) in [5.74, 6) is -2.90. The van der Waals surface area contributed by atoms with E-state index in [1.807, 2.05) is 0 Å². The number of carbonyl (C=O) groups is 4. The summed E-state index contributed by atoms with van der Waals surface area (Å²) >= 11 is 2.26. The molecule has 0 aromatic carbocycles. The Hall–Kier alpha value is -2.59. The van der Waals surface area contributed by atoms with Gasteiger partial charge in [-0.05, 0) is 11.6 Å². The Kier molecular flexibility index (Phi) is 9.30. The van der Waals surface area contributed by atoms with E-state index in [9.17, 15) is 29.5 Å². The van der Waals surface area contributed by atoms with E-state index >= 15 is 0 Å². The third kappa shape index (κ3) is 5.67. The fourth-order valence-electron chi connectivity index (χ4n) is 2.97. The summed E-state index contributed by atoms with van der Waals surface area (Å²) < 4.78 is 4.79. The molecule has 2 aliphatic heterocycles. The number of aliphatic carboxylic acids is 1. The summed E-state index contributed by atoms with van der Waals surface area (Å²) in [6, 6.07) is -1.04. The average molecular weight is 504 g/mol. The third-order valence-corrected chi connectivity index (χ3v) is 6.37. The fourth-order valence-corrected chi connectivity index (χ4v) is 4.83. The monoisotopic (exact) mass is 504 g/mol. The second-order valence-corrected chi connectivity index (χ2v) is 8.29. The Bertz CT molecular complexity index is 1060. The van der Waals surface area contributed by atoms with Crippen LogP contribution in [0.3, 0.4) is 0 Å². The van der Waals surface area contributed by atoms with Crippen LogP contribution in [0.15, 0.2) is 34.0 Å². The number of alkyl carbamates (subject to hydrolysis) is 1. The van der Waals surface area contributed by atoms with Crippen molar-refractivity contribution in [3.05, 3.63) is 34.5 Å². The van der Waals surface area contributed by atoms with Crippen molar-refractivity contribution < 1.29 is 63.8 Å². The molecule has 0 bridgehead atoms. The Labute approximate surface area is 217 Å². The van der Waals surface area contributed by atoms with E-state index in [1.165, 1.54) is 36.3 Å². The van der Waals surface area contributed by atoms with E-state index in [1.54, 1.807) is 0 Å². The maximum absolute atomic E-state index is 12.6. The molecule has 0 aliphatic carbocycles. The van der Waals surface area contributed by atoms with E-state index in [-0.39, 0.29) is 58.4 Å². The zero-order valence-electron chi connectivity index (χ0n) is 17.4. The molecule has 16 heteroatoms. The minimum absolute atomic E-state index is 0. The second-order valence-electron chi connectivity index (χ2n) is 6.29. The predicted molar refractivity (Wildman–Crippen MR) is 111 cm³/mol. The molecular weight excluding hydrogens is 487 g/mol. The summed E-state index contributed by atoms with van der Waals surface area (Å²) in [6.45, 7) is -0.103. The number of amides is 3. The van der Waals surface area contributed by atoms with Gasteiger partial charge in [-0.25, -0.2) is 9.78 Å². The van der Waals surface area contributed by atoms with Gasteiger partial charge in [0, 0.05) is 18.2 Å². The van der Waals surface area contributed by atoms with Crippen molar-refractivity contribution in [3.63, 3.8) is 0 Å². The molecule has 5 N–H and O–H groups in total. The summed E-state index contributed by atoms with van der Waals surface area (Å²) in [7, 11) is 1.40. The number of thioether (sulfide) groups is 1. The normalized spacial score (nSPS) is 20.0. The van der Waals surface area contributed by atoms with Gasteiger partial charge in [-0.15, -0.1) is 23.1 Å². The van der Waals surface area contributed by atoms with Crippen molar-refractivity contribution in [3.8, 4) is 0 Å². The number of rotatable bonds is 7. The van der Waals surface area contributed by atoms with Crippen molar-refractivity contribution in [1.29, 1.82) is 0 Å². The van der Waals surface area contributed by atoms with Gasteiger partial charge >= 0.3 is 35.7 Å². The number of fused-ring (bicyclic) bond motifs is 1. The van der Waals surface area contributed by atoms with Crippen molar-refractivity contribution >= 4 is 57.8 Å². The predicted octanol–water partition coefficient (Wildman–Crippen LogP) is -4.78. The first-order chi connectivity index (χ1) is 15.3. The van der Waals surface area contributed by atoms with Crippen LogP contribution in [0.5, 0.6) is 0 Å². The topological polar surface area (TPSA) is 199 Å². The van der Waals surface area contributed by atoms with Gasteiger partial charge < -0.3 is 36.2 Å². The zero-order chi connectivity index (χ0) is 23.4. The van der Waals surface area contributed by atoms with Gasteiger partial charge in [-0.3, -0.25) is 14.5 Å². The van der Waals surface area contributed by atoms with Gasteiger partial charge in [0.15, 0.2) is 10.8 Å². The Morgan fingerprint density at radius 2 is 2.21 bits per heavy atom. The van der Waals surface area contributed by atoms with E-state index in [4.69, 9.17) is 10.5 Å². The number of β-lactam (4-membered cyclic amide) rings is 1. The number of nitrogens with zero attached hydrogens (tertiary/aromatic N) is 3. The molecule has 3 amide bonds. The summed E-state index contributed by atoms with van der Waals surface area (Å²) in [6.07, 6.45) is 2.21. The molecule has 3 heterocycles. The molecule has 33 heavy (non-hydrogen) atoms. The molecule has 1 aromatic heterocycles. The first kappa shape index (κ1) is 26.7. The molecule has 1 aromatic rings. The number of carboxylic acid groups (broad SMARTS) is 1. The fraction of sp³-hybridized carbons (Fsp3) is 0.294. The van der Waals surface area contributed by atoms with Crippen molar-refractivity contribution in [2.45, 2.75) is 11.4 Å². The van der Waals surface area contributed by atoms with Crippen LogP contribution in [0, 0.1) is 0 Å². The van der Waals surface area contributed by atoms with Crippen LogP contribution in [0.25, 0.3) is 0 Å². The van der Waals surface area contributed by atoms with Gasteiger partial charge in [0.2, 0.25) is 0 Å². The SMILES string of the molecule is CNC(=O)OC/C=C/C1=C(C(=O)[O-])N2C(=O)C(NC(=O)/C(=N/O)c3csc(N)n3)C2SC1.[Na+]. The van der Waals surface area contributed by atoms with Gasteiger partial charge in [0.25, 0.3) is 11.8 Å². The number of ether oxygens (including phenoxy) is 1. The largest absolute Gasteiger partial charge is 1.00 e.